The number of aromatic amines is 2. The molecule has 0 aromatic carbocycles. The van der Waals surface area contributed by atoms with Crippen molar-refractivity contribution in [1.29, 1.82) is 0 Å². The number of imidazole rings is 4. The van der Waals surface area contributed by atoms with E-state index in [2.05, 4.69) is 37.8 Å². The SMILES string of the molecule is c1cn(S(n2ccnc2)=S(c2ncc[nH]2)c2ncc[nH]2)cn1. The zero-order chi connectivity index (χ0) is 14.8. The number of nitrogens with zero attached hydrogens (tertiary/aromatic N) is 6. The van der Waals surface area contributed by atoms with Crippen molar-refractivity contribution in [3.05, 3.63) is 62.2 Å². The number of nitrogens with one attached hydrogen (secondary N) is 2. The molecule has 0 fully saturated rings. The predicted octanol–water partition coefficient (Wildman–Crippen LogP) is 1.02. The molecule has 2 N–H and O–H groups in total. The van der Waals surface area contributed by atoms with Crippen LogP contribution in [-0.4, -0.2) is 37.8 Å². The van der Waals surface area contributed by atoms with Crippen LogP contribution in [0.3, 0.4) is 0 Å². The maximum Gasteiger partial charge on any atom is 0.175 e. The van der Waals surface area contributed by atoms with E-state index in [0.29, 0.717) is 0 Å². The third kappa shape index (κ3) is 2.31. The van der Waals surface area contributed by atoms with Crippen LogP contribution in [0.4, 0.5) is 0 Å². The third-order valence-corrected chi connectivity index (χ3v) is 8.24. The quantitative estimate of drug-likeness (QED) is 0.583. The Hall–Kier alpha value is -2.46. The van der Waals surface area contributed by atoms with Crippen molar-refractivity contribution in [3.63, 3.8) is 0 Å². The van der Waals surface area contributed by atoms with Gasteiger partial charge in [0.25, 0.3) is 0 Å². The lowest BCUT2D eigenvalue weighted by Gasteiger charge is -2.16. The van der Waals surface area contributed by atoms with Crippen molar-refractivity contribution in [1.82, 2.24) is 37.8 Å². The van der Waals surface area contributed by atoms with E-state index in [-0.39, 0.29) is 0 Å². The minimum atomic E-state index is -0.445. The molecule has 10 heteroatoms. The van der Waals surface area contributed by atoms with Gasteiger partial charge in [-0.05, 0) is 0 Å². The van der Waals surface area contributed by atoms with Crippen LogP contribution >= 0.6 is 0 Å². The highest BCUT2D eigenvalue weighted by Gasteiger charge is 2.17. The van der Waals surface area contributed by atoms with Crippen LogP contribution in [-0.2, 0) is 19.3 Å². The Morgan fingerprint density at radius 3 is 1.68 bits per heavy atom. The Labute approximate surface area is 130 Å². The van der Waals surface area contributed by atoms with E-state index in [1.807, 2.05) is 24.8 Å². The molecule has 0 unspecified atom stereocenters. The van der Waals surface area contributed by atoms with Crippen molar-refractivity contribution in [2.75, 3.05) is 0 Å². The summed E-state index contributed by atoms with van der Waals surface area (Å²) in [6.07, 6.45) is 18.2. The van der Waals surface area contributed by atoms with Gasteiger partial charge in [0, 0.05) is 59.0 Å². The molecule has 0 bridgehead atoms. The maximum absolute atomic E-state index is 4.45. The van der Waals surface area contributed by atoms with Gasteiger partial charge >= 0.3 is 0 Å². The second kappa shape index (κ2) is 5.73. The lowest BCUT2D eigenvalue weighted by Crippen LogP contribution is -2.18. The highest BCUT2D eigenvalue weighted by molar-refractivity contribution is 8.42. The van der Waals surface area contributed by atoms with E-state index >= 15 is 0 Å². The average Bonchev–Trinajstić information content (AvgIpc) is 3.35. The molecule has 112 valence electrons. The second-order valence-electron chi connectivity index (χ2n) is 4.13. The Morgan fingerprint density at radius 1 is 0.773 bits per heavy atom. The number of aromatic nitrogens is 8. The zero-order valence-corrected chi connectivity index (χ0v) is 12.9. The van der Waals surface area contributed by atoms with Crippen molar-refractivity contribution in [3.8, 4) is 0 Å². The monoisotopic (exact) mass is 332 g/mol. The van der Waals surface area contributed by atoms with E-state index in [0.717, 1.165) is 10.3 Å². The van der Waals surface area contributed by atoms with Gasteiger partial charge < -0.3 is 9.97 Å². The van der Waals surface area contributed by atoms with Crippen LogP contribution in [0.1, 0.15) is 0 Å². The van der Waals surface area contributed by atoms with Gasteiger partial charge in [-0.1, -0.05) is 0 Å². The molecule has 0 atom stereocenters. The van der Waals surface area contributed by atoms with Gasteiger partial charge in [0.2, 0.25) is 0 Å². The van der Waals surface area contributed by atoms with E-state index < -0.39 is 19.3 Å². The van der Waals surface area contributed by atoms with Crippen LogP contribution < -0.4 is 0 Å². The van der Waals surface area contributed by atoms with Gasteiger partial charge in [-0.25, -0.2) is 19.9 Å². The number of hydrogen-bond acceptors (Lipinski definition) is 4. The van der Waals surface area contributed by atoms with Gasteiger partial charge in [-0.2, -0.15) is 0 Å². The first-order chi connectivity index (χ1) is 10.9. The van der Waals surface area contributed by atoms with Crippen LogP contribution in [0.5, 0.6) is 0 Å². The molecule has 0 aliphatic heterocycles. The number of rotatable bonds is 4. The van der Waals surface area contributed by atoms with E-state index in [9.17, 15) is 0 Å². The third-order valence-electron chi connectivity index (χ3n) is 2.77. The maximum atomic E-state index is 4.45. The minimum absolute atomic E-state index is 0.437. The Balaban J connectivity index is 2.06. The minimum Gasteiger partial charge on any atom is -0.339 e. The summed E-state index contributed by atoms with van der Waals surface area (Å²) in [5.41, 5.74) is 0. The standard InChI is InChI=1S/C12H12N8S2/c1-2-16-11(15-1)21(12-17-3-4-18-12)22(19-7-5-13-9-19)20-8-6-14-10-20/h1-10H,(H,15,16)(H,17,18). The number of hydrogen-bond donors (Lipinski definition) is 2. The summed E-state index contributed by atoms with van der Waals surface area (Å²) in [7, 11) is -0.882. The highest BCUT2D eigenvalue weighted by Crippen LogP contribution is 2.16. The summed E-state index contributed by atoms with van der Waals surface area (Å²) < 4.78 is 4.10. The topological polar surface area (TPSA) is 93.0 Å². The van der Waals surface area contributed by atoms with Gasteiger partial charge in [0.15, 0.2) is 10.3 Å². The molecule has 0 saturated heterocycles. The van der Waals surface area contributed by atoms with Gasteiger partial charge in [-0.3, -0.25) is 7.94 Å². The van der Waals surface area contributed by atoms with E-state index in [4.69, 9.17) is 0 Å². The van der Waals surface area contributed by atoms with Gasteiger partial charge in [0.1, 0.15) is 12.7 Å². The lowest BCUT2D eigenvalue weighted by molar-refractivity contribution is 1.00. The summed E-state index contributed by atoms with van der Waals surface area (Å²) in [6, 6.07) is 0. The van der Waals surface area contributed by atoms with Crippen molar-refractivity contribution in [2.45, 2.75) is 10.3 Å². The summed E-state index contributed by atoms with van der Waals surface area (Å²) in [5, 5.41) is 1.72. The molecule has 4 aromatic heterocycles. The summed E-state index contributed by atoms with van der Waals surface area (Å²) in [5.74, 6) is 0. The van der Waals surface area contributed by atoms with Crippen molar-refractivity contribution < 1.29 is 0 Å². The van der Waals surface area contributed by atoms with Crippen molar-refractivity contribution >= 4 is 19.3 Å². The molecule has 0 aliphatic rings. The van der Waals surface area contributed by atoms with Crippen LogP contribution in [0, 0.1) is 0 Å². The summed E-state index contributed by atoms with van der Waals surface area (Å²) in [4.78, 5) is 23.7. The first kappa shape index (κ1) is 13.2. The Bertz CT molecular complexity index is 713. The zero-order valence-electron chi connectivity index (χ0n) is 11.3. The summed E-state index contributed by atoms with van der Waals surface area (Å²) >= 11 is 0. The fourth-order valence-electron chi connectivity index (χ4n) is 1.90. The molecular weight excluding hydrogens is 320 g/mol. The molecule has 4 aromatic rings. The van der Waals surface area contributed by atoms with Crippen LogP contribution in [0.25, 0.3) is 0 Å². The van der Waals surface area contributed by atoms with Crippen LogP contribution in [0.2, 0.25) is 0 Å². The second-order valence-corrected chi connectivity index (χ2v) is 8.64. The normalized spacial score (nSPS) is 11.5. The first-order valence-electron chi connectivity index (χ1n) is 6.38. The lowest BCUT2D eigenvalue weighted by atomic mass is 11.0. The summed E-state index contributed by atoms with van der Waals surface area (Å²) in [6.45, 7) is 0. The van der Waals surface area contributed by atoms with Gasteiger partial charge in [0.05, 0.1) is 9.83 Å². The molecule has 0 saturated carbocycles. The molecule has 8 nitrogen and oxygen atoms in total. The van der Waals surface area contributed by atoms with E-state index in [1.54, 1.807) is 37.4 Å². The molecule has 4 heterocycles. The molecule has 0 radical (unpaired) electrons. The molecule has 0 aliphatic carbocycles. The number of H-pyrrole nitrogens is 2. The van der Waals surface area contributed by atoms with Gasteiger partial charge in [-0.15, -0.1) is 0 Å². The Kier molecular flexibility index (Phi) is 3.45. The van der Waals surface area contributed by atoms with Crippen molar-refractivity contribution in [2.24, 2.45) is 0 Å². The predicted molar refractivity (Wildman–Crippen MR) is 83.7 cm³/mol. The van der Waals surface area contributed by atoms with E-state index in [1.165, 1.54) is 0 Å². The molecule has 4 rings (SSSR count). The van der Waals surface area contributed by atoms with Crippen LogP contribution in [0.15, 0.2) is 72.5 Å². The fourth-order valence-corrected chi connectivity index (χ4v) is 7.13. The Morgan fingerprint density at radius 2 is 1.32 bits per heavy atom. The molecule has 0 spiro atoms. The molecule has 22 heavy (non-hydrogen) atoms. The largest absolute Gasteiger partial charge is 0.339 e. The average molecular weight is 332 g/mol. The smallest absolute Gasteiger partial charge is 0.175 e. The highest BCUT2D eigenvalue weighted by atomic mass is 32.9. The molecular formula is C12H12N8S2. The first-order valence-corrected chi connectivity index (χ1v) is 9.26. The molecule has 0 amide bonds. The fraction of sp³-hybridized carbons (Fsp3) is 0.